The van der Waals surface area contributed by atoms with Crippen molar-refractivity contribution in [2.75, 3.05) is 24.6 Å². The first-order chi connectivity index (χ1) is 13.5. The molecule has 2 N–H and O–H groups in total. The fraction of sp³-hybridized carbons (Fsp3) is 0.318. The summed E-state index contributed by atoms with van der Waals surface area (Å²) < 4.78 is 12.1. The van der Waals surface area contributed by atoms with Crippen LogP contribution in [0.2, 0.25) is 0 Å². The van der Waals surface area contributed by atoms with Crippen LogP contribution >= 0.6 is 15.9 Å². The largest absolute Gasteiger partial charge is 0.462 e. The van der Waals surface area contributed by atoms with Crippen LogP contribution in [0.1, 0.15) is 37.8 Å². The second-order valence-electron chi connectivity index (χ2n) is 6.48. The first-order valence-corrected chi connectivity index (χ1v) is 10.3. The molecular formula is C22H25BrN2O3. The number of nitrogens with two attached hydrogens (primary N) is 1. The minimum Gasteiger partial charge on any atom is -0.462 e. The van der Waals surface area contributed by atoms with Crippen LogP contribution < -0.4 is 15.4 Å². The first kappa shape index (κ1) is 20.3. The van der Waals surface area contributed by atoms with Gasteiger partial charge in [0.25, 0.3) is 0 Å². The van der Waals surface area contributed by atoms with Gasteiger partial charge < -0.3 is 20.1 Å². The van der Waals surface area contributed by atoms with Crippen molar-refractivity contribution >= 4 is 27.6 Å². The maximum Gasteiger partial charge on any atom is 0.340 e. The highest BCUT2D eigenvalue weighted by Gasteiger charge is 2.35. The molecule has 0 aromatic heterocycles. The molecule has 0 bridgehead atoms. The number of hydrogen-bond acceptors (Lipinski definition) is 5. The lowest BCUT2D eigenvalue weighted by Gasteiger charge is -2.30. The van der Waals surface area contributed by atoms with E-state index in [1.807, 2.05) is 36.4 Å². The molecule has 1 aliphatic rings. The third kappa shape index (κ3) is 3.87. The molecule has 5 nitrogen and oxygen atoms in total. The van der Waals surface area contributed by atoms with Gasteiger partial charge in [0.2, 0.25) is 5.88 Å². The molecular weight excluding hydrogens is 420 g/mol. The topological polar surface area (TPSA) is 64.8 Å². The summed E-state index contributed by atoms with van der Waals surface area (Å²) >= 11 is 3.46. The lowest BCUT2D eigenvalue weighted by atomic mass is 9.83. The highest BCUT2D eigenvalue weighted by Crippen LogP contribution is 2.44. The van der Waals surface area contributed by atoms with Crippen molar-refractivity contribution in [1.82, 2.24) is 0 Å². The van der Waals surface area contributed by atoms with Gasteiger partial charge in [0.05, 0.1) is 12.5 Å². The summed E-state index contributed by atoms with van der Waals surface area (Å²) in [6.07, 6.45) is 0. The maximum atomic E-state index is 12.7. The van der Waals surface area contributed by atoms with Crippen molar-refractivity contribution in [2.24, 2.45) is 5.73 Å². The van der Waals surface area contributed by atoms with Gasteiger partial charge in [0, 0.05) is 34.9 Å². The first-order valence-electron chi connectivity index (χ1n) is 9.49. The molecule has 1 atom stereocenters. The highest BCUT2D eigenvalue weighted by molar-refractivity contribution is 9.10. The van der Waals surface area contributed by atoms with E-state index in [0.717, 1.165) is 34.4 Å². The van der Waals surface area contributed by atoms with Crippen LogP contribution in [0, 0.1) is 0 Å². The van der Waals surface area contributed by atoms with Crippen LogP contribution in [0.3, 0.4) is 0 Å². The SMILES string of the molecule is CCOC(=O)C1=C(N)Oc2cc(N(CC)CC)ccc2C1c1ccc(Br)cc1. The molecule has 6 heteroatoms. The number of hydrogen-bond donors (Lipinski definition) is 1. The summed E-state index contributed by atoms with van der Waals surface area (Å²) in [6.45, 7) is 8.06. The molecule has 28 heavy (non-hydrogen) atoms. The van der Waals surface area contributed by atoms with E-state index in [-0.39, 0.29) is 18.4 Å². The molecule has 3 rings (SSSR count). The van der Waals surface area contributed by atoms with Gasteiger partial charge >= 0.3 is 5.97 Å². The minimum absolute atomic E-state index is 0.0931. The Morgan fingerprint density at radius 1 is 1.14 bits per heavy atom. The van der Waals surface area contributed by atoms with Crippen molar-refractivity contribution in [2.45, 2.75) is 26.7 Å². The second-order valence-corrected chi connectivity index (χ2v) is 7.40. The maximum absolute atomic E-state index is 12.7. The number of ether oxygens (including phenoxy) is 2. The van der Waals surface area contributed by atoms with E-state index >= 15 is 0 Å². The van der Waals surface area contributed by atoms with Crippen molar-refractivity contribution in [1.29, 1.82) is 0 Å². The van der Waals surface area contributed by atoms with Crippen LogP contribution in [-0.4, -0.2) is 25.7 Å². The lowest BCUT2D eigenvalue weighted by Crippen LogP contribution is -2.28. The van der Waals surface area contributed by atoms with Gasteiger partial charge in [-0.2, -0.15) is 0 Å². The van der Waals surface area contributed by atoms with Gasteiger partial charge in [0.1, 0.15) is 11.3 Å². The van der Waals surface area contributed by atoms with Crippen LogP contribution in [-0.2, 0) is 9.53 Å². The summed E-state index contributed by atoms with van der Waals surface area (Å²) in [4.78, 5) is 14.9. The van der Waals surface area contributed by atoms with E-state index in [2.05, 4.69) is 40.7 Å². The fourth-order valence-electron chi connectivity index (χ4n) is 3.54. The summed E-state index contributed by atoms with van der Waals surface area (Å²) in [6, 6.07) is 13.9. The van der Waals surface area contributed by atoms with Gasteiger partial charge in [-0.1, -0.05) is 34.1 Å². The van der Waals surface area contributed by atoms with Crippen LogP contribution in [0.5, 0.6) is 5.75 Å². The van der Waals surface area contributed by atoms with Crippen LogP contribution in [0.15, 0.2) is 58.4 Å². The summed E-state index contributed by atoms with van der Waals surface area (Å²) in [5, 5.41) is 0. The zero-order valence-electron chi connectivity index (χ0n) is 16.4. The molecule has 0 amide bonds. The Morgan fingerprint density at radius 3 is 2.43 bits per heavy atom. The van der Waals surface area contributed by atoms with Crippen LogP contribution in [0.25, 0.3) is 0 Å². The van der Waals surface area contributed by atoms with E-state index in [0.29, 0.717) is 11.3 Å². The highest BCUT2D eigenvalue weighted by atomic mass is 79.9. The Kier molecular flexibility index (Phi) is 6.29. The average Bonchev–Trinajstić information content (AvgIpc) is 2.68. The number of carbonyl (C=O) groups excluding carboxylic acids is 1. The Hall–Kier alpha value is -2.47. The summed E-state index contributed by atoms with van der Waals surface area (Å²) in [5.41, 5.74) is 9.46. The Balaban J connectivity index is 2.14. The number of esters is 1. The molecule has 2 aromatic carbocycles. The predicted molar refractivity (Wildman–Crippen MR) is 114 cm³/mol. The number of benzene rings is 2. The number of carbonyl (C=O) groups is 1. The summed E-state index contributed by atoms with van der Waals surface area (Å²) in [7, 11) is 0. The number of fused-ring (bicyclic) bond motifs is 1. The average molecular weight is 445 g/mol. The molecule has 0 fully saturated rings. The minimum atomic E-state index is -0.452. The quantitative estimate of drug-likeness (QED) is 0.661. The molecule has 0 radical (unpaired) electrons. The van der Waals surface area contributed by atoms with E-state index in [1.165, 1.54) is 0 Å². The number of rotatable bonds is 6. The Morgan fingerprint density at radius 2 is 1.82 bits per heavy atom. The molecule has 0 saturated heterocycles. The van der Waals surface area contributed by atoms with E-state index in [9.17, 15) is 4.79 Å². The van der Waals surface area contributed by atoms with Crippen molar-refractivity contribution in [3.8, 4) is 5.75 Å². The lowest BCUT2D eigenvalue weighted by molar-refractivity contribution is -0.139. The van der Waals surface area contributed by atoms with Gasteiger partial charge in [0.15, 0.2) is 0 Å². The van der Waals surface area contributed by atoms with Gasteiger partial charge in [-0.15, -0.1) is 0 Å². The molecule has 2 aromatic rings. The molecule has 0 spiro atoms. The van der Waals surface area contributed by atoms with Crippen LogP contribution in [0.4, 0.5) is 5.69 Å². The molecule has 1 unspecified atom stereocenters. The van der Waals surface area contributed by atoms with Gasteiger partial charge in [-0.25, -0.2) is 4.79 Å². The second kappa shape index (κ2) is 8.69. The van der Waals surface area contributed by atoms with E-state index in [1.54, 1.807) is 6.92 Å². The molecule has 148 valence electrons. The third-order valence-corrected chi connectivity index (χ3v) is 5.44. The molecule has 0 saturated carbocycles. The normalized spacial score (nSPS) is 15.6. The molecule has 1 heterocycles. The van der Waals surface area contributed by atoms with Crippen molar-refractivity contribution in [3.63, 3.8) is 0 Å². The van der Waals surface area contributed by atoms with Gasteiger partial charge in [-0.05, 0) is 44.5 Å². The molecule has 0 aliphatic carbocycles. The Labute approximate surface area is 174 Å². The zero-order chi connectivity index (χ0) is 20.3. The standard InChI is InChI=1S/C22H25BrN2O3/c1-4-25(5-2)16-11-12-17-18(13-16)28-21(24)20(22(26)27-6-3)19(17)14-7-9-15(23)10-8-14/h7-13,19H,4-6,24H2,1-3H3. The predicted octanol–water partition coefficient (Wildman–Crippen LogP) is 4.55. The number of nitrogens with zero attached hydrogens (tertiary/aromatic N) is 1. The number of anilines is 1. The smallest absolute Gasteiger partial charge is 0.340 e. The number of halogens is 1. The van der Waals surface area contributed by atoms with E-state index in [4.69, 9.17) is 15.2 Å². The zero-order valence-corrected chi connectivity index (χ0v) is 18.0. The summed E-state index contributed by atoms with van der Waals surface area (Å²) in [5.74, 6) is -0.0357. The van der Waals surface area contributed by atoms with Crippen molar-refractivity contribution < 1.29 is 14.3 Å². The third-order valence-electron chi connectivity index (χ3n) is 4.91. The molecule has 1 aliphatic heterocycles. The monoisotopic (exact) mass is 444 g/mol. The van der Waals surface area contributed by atoms with Crippen molar-refractivity contribution in [3.05, 3.63) is 69.5 Å². The van der Waals surface area contributed by atoms with Gasteiger partial charge in [-0.3, -0.25) is 0 Å². The Bertz CT molecular complexity index is 889. The van der Waals surface area contributed by atoms with E-state index < -0.39 is 5.97 Å². The fourth-order valence-corrected chi connectivity index (χ4v) is 3.80.